The minimum Gasteiger partial charge on any atom is -0.339 e. The summed E-state index contributed by atoms with van der Waals surface area (Å²) >= 11 is 0. The Hall–Kier alpha value is -1.21. The first kappa shape index (κ1) is 16.6. The third-order valence-electron chi connectivity index (χ3n) is 5.00. The number of anilines is 1. The molecule has 0 bridgehead atoms. The molecule has 23 heavy (non-hydrogen) atoms. The van der Waals surface area contributed by atoms with Crippen molar-refractivity contribution in [3.05, 3.63) is 17.5 Å². The number of aryl methyl sites for hydroxylation is 2. The molecule has 6 nitrogen and oxygen atoms in total. The van der Waals surface area contributed by atoms with Crippen LogP contribution >= 0.6 is 0 Å². The standard InChI is InChI=1S/C16H26N4O2S/c1-12-10-17-16(18-13(12)2)20-9-5-8-15(11-20)23(21,22)19-14-6-3-4-7-14/h10,14-15,19H,3-9,11H2,1-2H3/t15-/m0/s1. The first-order valence-corrected chi connectivity index (χ1v) is 10.1. The van der Waals surface area contributed by atoms with E-state index in [1.54, 1.807) is 0 Å². The van der Waals surface area contributed by atoms with Crippen LogP contribution < -0.4 is 9.62 Å². The van der Waals surface area contributed by atoms with E-state index in [1.165, 1.54) is 0 Å². The second-order valence-corrected chi connectivity index (χ2v) is 8.79. The summed E-state index contributed by atoms with van der Waals surface area (Å²) in [4.78, 5) is 10.9. The van der Waals surface area contributed by atoms with Crippen LogP contribution in [0.4, 0.5) is 5.95 Å². The normalized spacial score (nSPS) is 23.4. The monoisotopic (exact) mass is 338 g/mol. The maximum atomic E-state index is 12.7. The second kappa shape index (κ2) is 6.73. The predicted molar refractivity (Wildman–Crippen MR) is 91.1 cm³/mol. The second-order valence-electron chi connectivity index (χ2n) is 6.79. The number of nitrogens with one attached hydrogen (secondary N) is 1. The largest absolute Gasteiger partial charge is 0.339 e. The molecule has 1 aromatic heterocycles. The first-order valence-electron chi connectivity index (χ1n) is 8.52. The van der Waals surface area contributed by atoms with Crippen LogP contribution in [0.2, 0.25) is 0 Å². The Morgan fingerprint density at radius 1 is 1.17 bits per heavy atom. The number of piperidine rings is 1. The van der Waals surface area contributed by atoms with Crippen LogP contribution in [-0.2, 0) is 10.0 Å². The smallest absolute Gasteiger partial charge is 0.225 e. The quantitative estimate of drug-likeness (QED) is 0.908. The van der Waals surface area contributed by atoms with Crippen molar-refractivity contribution in [1.29, 1.82) is 0 Å². The molecule has 1 N–H and O–H groups in total. The van der Waals surface area contributed by atoms with Crippen molar-refractivity contribution in [2.75, 3.05) is 18.0 Å². The van der Waals surface area contributed by atoms with Gasteiger partial charge in [-0.15, -0.1) is 0 Å². The Bertz CT molecular complexity index is 656. The van der Waals surface area contributed by atoms with Crippen molar-refractivity contribution in [3.63, 3.8) is 0 Å². The van der Waals surface area contributed by atoms with E-state index in [1.807, 2.05) is 24.9 Å². The lowest BCUT2D eigenvalue weighted by Gasteiger charge is -2.33. The van der Waals surface area contributed by atoms with E-state index in [4.69, 9.17) is 0 Å². The van der Waals surface area contributed by atoms with E-state index in [9.17, 15) is 8.42 Å². The van der Waals surface area contributed by atoms with E-state index in [0.29, 0.717) is 18.9 Å². The van der Waals surface area contributed by atoms with Gasteiger partial charge in [0.15, 0.2) is 0 Å². The third kappa shape index (κ3) is 3.83. The average Bonchev–Trinajstić information content (AvgIpc) is 3.02. The van der Waals surface area contributed by atoms with Crippen molar-refractivity contribution < 1.29 is 8.42 Å². The SMILES string of the molecule is Cc1cnc(N2CCC[C@H](S(=O)(=O)NC3CCCC3)C2)nc1C. The molecule has 2 heterocycles. The van der Waals surface area contributed by atoms with Crippen molar-refractivity contribution in [1.82, 2.24) is 14.7 Å². The fraction of sp³-hybridized carbons (Fsp3) is 0.750. The Morgan fingerprint density at radius 2 is 1.91 bits per heavy atom. The van der Waals surface area contributed by atoms with Crippen LogP contribution in [0.1, 0.15) is 49.8 Å². The van der Waals surface area contributed by atoms with Crippen molar-refractivity contribution >= 4 is 16.0 Å². The zero-order valence-electron chi connectivity index (χ0n) is 14.0. The minimum atomic E-state index is -3.27. The first-order chi connectivity index (χ1) is 11.0. The van der Waals surface area contributed by atoms with Gasteiger partial charge in [-0.25, -0.2) is 23.1 Å². The van der Waals surface area contributed by atoms with Gasteiger partial charge in [-0.1, -0.05) is 12.8 Å². The summed E-state index contributed by atoms with van der Waals surface area (Å²) in [6.07, 6.45) is 7.56. The van der Waals surface area contributed by atoms with Crippen LogP contribution in [0, 0.1) is 13.8 Å². The minimum absolute atomic E-state index is 0.133. The fourth-order valence-electron chi connectivity index (χ4n) is 3.41. The van der Waals surface area contributed by atoms with Gasteiger partial charge >= 0.3 is 0 Å². The van der Waals surface area contributed by atoms with Gasteiger partial charge in [0.2, 0.25) is 16.0 Å². The Labute approximate surface area is 138 Å². The number of hydrogen-bond donors (Lipinski definition) is 1. The molecular weight excluding hydrogens is 312 g/mol. The van der Waals surface area contributed by atoms with Gasteiger partial charge in [0.1, 0.15) is 0 Å². The molecule has 1 atom stereocenters. The summed E-state index contributed by atoms with van der Waals surface area (Å²) in [6.45, 7) is 5.23. The number of sulfonamides is 1. The van der Waals surface area contributed by atoms with Crippen LogP contribution in [0.3, 0.4) is 0 Å². The van der Waals surface area contributed by atoms with Gasteiger partial charge in [-0.3, -0.25) is 0 Å². The summed E-state index contributed by atoms with van der Waals surface area (Å²) in [5, 5.41) is -0.373. The van der Waals surface area contributed by atoms with Gasteiger partial charge in [0.25, 0.3) is 0 Å². The van der Waals surface area contributed by atoms with Gasteiger partial charge in [0, 0.05) is 31.0 Å². The van der Waals surface area contributed by atoms with E-state index in [2.05, 4.69) is 14.7 Å². The summed E-state index contributed by atoms with van der Waals surface area (Å²) < 4.78 is 28.2. The van der Waals surface area contributed by atoms with Crippen LogP contribution in [0.15, 0.2) is 6.20 Å². The lowest BCUT2D eigenvalue weighted by molar-refractivity contribution is 0.503. The summed E-state index contributed by atoms with van der Waals surface area (Å²) in [6, 6.07) is 0.133. The highest BCUT2D eigenvalue weighted by Crippen LogP contribution is 2.24. The van der Waals surface area contributed by atoms with Gasteiger partial charge < -0.3 is 4.90 Å². The van der Waals surface area contributed by atoms with E-state index in [0.717, 1.165) is 49.9 Å². The third-order valence-corrected chi connectivity index (χ3v) is 6.92. The van der Waals surface area contributed by atoms with Crippen LogP contribution in [-0.4, -0.2) is 42.8 Å². The lowest BCUT2D eigenvalue weighted by atomic mass is 10.1. The number of hydrogen-bond acceptors (Lipinski definition) is 5. The van der Waals surface area contributed by atoms with Crippen LogP contribution in [0.5, 0.6) is 0 Å². The highest BCUT2D eigenvalue weighted by molar-refractivity contribution is 7.90. The molecule has 2 aliphatic rings. The number of nitrogens with zero attached hydrogens (tertiary/aromatic N) is 3. The number of rotatable bonds is 4. The van der Waals surface area contributed by atoms with Crippen molar-refractivity contribution in [3.8, 4) is 0 Å². The molecule has 1 aliphatic carbocycles. The molecule has 7 heteroatoms. The molecule has 3 rings (SSSR count). The zero-order chi connectivity index (χ0) is 16.4. The molecule has 1 saturated heterocycles. The molecule has 128 valence electrons. The molecule has 0 amide bonds. The molecular formula is C16H26N4O2S. The molecule has 0 spiro atoms. The Kier molecular flexibility index (Phi) is 4.87. The Morgan fingerprint density at radius 3 is 2.61 bits per heavy atom. The van der Waals surface area contributed by atoms with Gasteiger partial charge in [-0.2, -0.15) is 0 Å². The van der Waals surface area contributed by atoms with Crippen LogP contribution in [0.25, 0.3) is 0 Å². The maximum Gasteiger partial charge on any atom is 0.225 e. The molecule has 0 unspecified atom stereocenters. The van der Waals surface area contributed by atoms with Crippen molar-refractivity contribution in [2.24, 2.45) is 0 Å². The molecule has 1 aromatic rings. The molecule has 1 saturated carbocycles. The summed E-state index contributed by atoms with van der Waals surface area (Å²) in [5.41, 5.74) is 2.00. The van der Waals surface area contributed by atoms with E-state index >= 15 is 0 Å². The average molecular weight is 338 g/mol. The summed E-state index contributed by atoms with van der Waals surface area (Å²) in [7, 11) is -3.27. The Balaban J connectivity index is 1.70. The molecule has 1 aliphatic heterocycles. The van der Waals surface area contributed by atoms with Gasteiger partial charge in [0.05, 0.1) is 5.25 Å². The summed E-state index contributed by atoms with van der Waals surface area (Å²) in [5.74, 6) is 0.647. The van der Waals surface area contributed by atoms with E-state index < -0.39 is 10.0 Å². The maximum absolute atomic E-state index is 12.7. The molecule has 2 fully saturated rings. The topological polar surface area (TPSA) is 75.2 Å². The molecule has 0 aromatic carbocycles. The lowest BCUT2D eigenvalue weighted by Crippen LogP contribution is -2.48. The predicted octanol–water partition coefficient (Wildman–Crippen LogP) is 1.92. The highest BCUT2D eigenvalue weighted by Gasteiger charge is 2.33. The van der Waals surface area contributed by atoms with E-state index in [-0.39, 0.29) is 11.3 Å². The number of aromatic nitrogens is 2. The fourth-order valence-corrected chi connectivity index (χ4v) is 5.16. The zero-order valence-corrected chi connectivity index (χ0v) is 14.8. The van der Waals surface area contributed by atoms with Crippen molar-refractivity contribution in [2.45, 2.75) is 63.7 Å². The highest BCUT2D eigenvalue weighted by atomic mass is 32.2. The van der Waals surface area contributed by atoms with Gasteiger partial charge in [-0.05, 0) is 45.1 Å². The molecule has 0 radical (unpaired) electrons.